The number of nitriles is 1. The zero-order valence-electron chi connectivity index (χ0n) is 12.8. The molecule has 0 fully saturated rings. The molecule has 0 bridgehead atoms. The number of halogens is 6. The van der Waals surface area contributed by atoms with E-state index in [1.54, 1.807) is 13.0 Å². The van der Waals surface area contributed by atoms with Gasteiger partial charge in [0.2, 0.25) is 0 Å². The second kappa shape index (κ2) is 7.61. The Morgan fingerprint density at radius 3 is 2.38 bits per heavy atom. The van der Waals surface area contributed by atoms with Crippen molar-refractivity contribution >= 4 is 46.7 Å². The third kappa shape index (κ3) is 3.98. The lowest BCUT2D eigenvalue weighted by molar-refractivity contribution is -0.137. The van der Waals surface area contributed by atoms with Crippen LogP contribution < -0.4 is 5.32 Å². The lowest BCUT2D eigenvalue weighted by atomic mass is 10.2. The van der Waals surface area contributed by atoms with E-state index in [2.05, 4.69) is 10.4 Å². The second-order valence-corrected chi connectivity index (χ2v) is 5.84. The van der Waals surface area contributed by atoms with Gasteiger partial charge in [-0.25, -0.2) is 9.48 Å². The molecular formula is C14H8Cl3F3N4O2. The normalized spacial score (nSPS) is 11.2. The molecule has 2 rings (SSSR count). The average molecular weight is 428 g/mol. The predicted molar refractivity (Wildman–Crippen MR) is 89.0 cm³/mol. The Kier molecular flexibility index (Phi) is 5.91. The number of rotatable bonds is 3. The van der Waals surface area contributed by atoms with Gasteiger partial charge >= 0.3 is 12.3 Å². The molecule has 12 heteroatoms. The molecule has 0 aliphatic rings. The molecule has 2 aromatic rings. The maximum atomic E-state index is 12.9. The topological polar surface area (TPSA) is 79.9 Å². The van der Waals surface area contributed by atoms with E-state index < -0.39 is 27.9 Å². The van der Waals surface area contributed by atoms with Crippen molar-refractivity contribution < 1.29 is 22.7 Å². The molecule has 1 aromatic heterocycles. The Morgan fingerprint density at radius 1 is 1.35 bits per heavy atom. The van der Waals surface area contributed by atoms with E-state index in [-0.39, 0.29) is 28.8 Å². The van der Waals surface area contributed by atoms with Crippen LogP contribution in [0.3, 0.4) is 0 Å². The molecule has 1 heterocycles. The van der Waals surface area contributed by atoms with Crippen LogP contribution in [0.25, 0.3) is 5.69 Å². The molecule has 0 atom stereocenters. The molecule has 0 spiro atoms. The Labute approximate surface area is 160 Å². The van der Waals surface area contributed by atoms with Crippen molar-refractivity contribution in [3.05, 3.63) is 38.5 Å². The quantitative estimate of drug-likeness (QED) is 0.721. The lowest BCUT2D eigenvalue weighted by Gasteiger charge is -2.14. The van der Waals surface area contributed by atoms with E-state index in [9.17, 15) is 23.2 Å². The highest BCUT2D eigenvalue weighted by Gasteiger charge is 2.33. The fourth-order valence-electron chi connectivity index (χ4n) is 1.96. The number of carbonyl (C=O) groups excluding carboxylic acids is 1. The maximum Gasteiger partial charge on any atom is 0.416 e. The van der Waals surface area contributed by atoms with Crippen molar-refractivity contribution in [2.45, 2.75) is 13.1 Å². The third-order valence-corrected chi connectivity index (χ3v) is 3.85. The fraction of sp³-hybridized carbons (Fsp3) is 0.214. The number of benzene rings is 1. The first-order chi connectivity index (χ1) is 12.1. The monoisotopic (exact) mass is 426 g/mol. The fourth-order valence-corrected chi connectivity index (χ4v) is 2.82. The summed E-state index contributed by atoms with van der Waals surface area (Å²) in [6.07, 6.45) is -5.60. The largest absolute Gasteiger partial charge is 0.450 e. The molecule has 0 aliphatic carbocycles. The van der Waals surface area contributed by atoms with Gasteiger partial charge in [-0.3, -0.25) is 5.32 Å². The molecule has 0 unspecified atom stereocenters. The zero-order valence-corrected chi connectivity index (χ0v) is 15.1. The van der Waals surface area contributed by atoms with E-state index in [1.807, 2.05) is 0 Å². The van der Waals surface area contributed by atoms with Crippen molar-refractivity contribution in [3.63, 3.8) is 0 Å². The Morgan fingerprint density at radius 2 is 1.92 bits per heavy atom. The summed E-state index contributed by atoms with van der Waals surface area (Å²) >= 11 is 17.7. The number of hydrogen-bond donors (Lipinski definition) is 1. The van der Waals surface area contributed by atoms with Gasteiger partial charge < -0.3 is 4.74 Å². The second-order valence-electron chi connectivity index (χ2n) is 4.67. The van der Waals surface area contributed by atoms with Crippen LogP contribution in [0, 0.1) is 11.3 Å². The summed E-state index contributed by atoms with van der Waals surface area (Å²) in [5.41, 5.74) is -1.52. The van der Waals surface area contributed by atoms with E-state index in [1.165, 1.54) is 0 Å². The highest BCUT2D eigenvalue weighted by Crippen LogP contribution is 2.39. The van der Waals surface area contributed by atoms with Gasteiger partial charge in [0.05, 0.1) is 22.2 Å². The number of nitrogens with one attached hydrogen (secondary N) is 1. The van der Waals surface area contributed by atoms with Gasteiger partial charge in [0, 0.05) is 0 Å². The smallest absolute Gasteiger partial charge is 0.416 e. The van der Waals surface area contributed by atoms with E-state index in [0.717, 1.165) is 4.68 Å². The van der Waals surface area contributed by atoms with Gasteiger partial charge in [-0.1, -0.05) is 34.8 Å². The van der Waals surface area contributed by atoms with Crippen molar-refractivity contribution in [2.75, 3.05) is 11.9 Å². The number of nitrogens with zero attached hydrogens (tertiary/aromatic N) is 3. The summed E-state index contributed by atoms with van der Waals surface area (Å²) in [7, 11) is 0. The molecule has 0 saturated carbocycles. The summed E-state index contributed by atoms with van der Waals surface area (Å²) < 4.78 is 44.2. The zero-order chi connectivity index (χ0) is 19.6. The van der Waals surface area contributed by atoms with Crippen LogP contribution in [0.5, 0.6) is 0 Å². The number of anilines is 1. The van der Waals surface area contributed by atoms with Crippen LogP contribution in [0.15, 0.2) is 12.1 Å². The Balaban J connectivity index is 2.66. The molecular weight excluding hydrogens is 420 g/mol. The minimum atomic E-state index is -4.67. The third-order valence-electron chi connectivity index (χ3n) is 3.01. The van der Waals surface area contributed by atoms with Crippen molar-refractivity contribution in [3.8, 4) is 11.8 Å². The van der Waals surface area contributed by atoms with E-state index in [4.69, 9.17) is 39.5 Å². The summed E-state index contributed by atoms with van der Waals surface area (Å²) in [5, 5.41) is 14.1. The predicted octanol–water partition coefficient (Wildman–Crippen LogP) is 5.29. The minimum Gasteiger partial charge on any atom is -0.450 e. The molecule has 0 saturated heterocycles. The highest BCUT2D eigenvalue weighted by atomic mass is 35.5. The Bertz CT molecular complexity index is 883. The first-order valence-electron chi connectivity index (χ1n) is 6.79. The molecule has 0 aliphatic heterocycles. The van der Waals surface area contributed by atoms with E-state index >= 15 is 0 Å². The molecule has 1 aromatic carbocycles. The molecule has 0 radical (unpaired) electrons. The first kappa shape index (κ1) is 20.2. The van der Waals surface area contributed by atoms with Gasteiger partial charge in [0.25, 0.3) is 0 Å². The standard InChI is InChI=1S/C14H8Cl3F3N4O2/c1-2-26-13(25)22-12-7(5-21)11(17)23-24(12)10-8(15)3-6(4-9(10)16)14(18,19)20/h3-4H,2H2,1H3,(H,22,25). The average Bonchev–Trinajstić information content (AvgIpc) is 2.81. The Hall–Kier alpha value is -2.15. The molecule has 1 N–H and O–H groups in total. The number of ether oxygens (including phenoxy) is 1. The minimum absolute atomic E-state index is 0.0391. The van der Waals surface area contributed by atoms with Gasteiger partial charge in [-0.05, 0) is 19.1 Å². The number of alkyl halides is 3. The van der Waals surface area contributed by atoms with Crippen molar-refractivity contribution in [1.82, 2.24) is 9.78 Å². The summed E-state index contributed by atoms with van der Waals surface area (Å²) in [6, 6.07) is 3.00. The van der Waals surface area contributed by atoms with Gasteiger partial charge in [0.1, 0.15) is 17.3 Å². The summed E-state index contributed by atoms with van der Waals surface area (Å²) in [5.74, 6) is -0.250. The molecule has 138 valence electrons. The summed E-state index contributed by atoms with van der Waals surface area (Å²) in [6.45, 7) is 1.59. The van der Waals surface area contributed by atoms with Gasteiger partial charge in [-0.2, -0.15) is 23.5 Å². The van der Waals surface area contributed by atoms with Gasteiger partial charge in [-0.15, -0.1) is 0 Å². The van der Waals surface area contributed by atoms with Crippen LogP contribution in [0.4, 0.5) is 23.8 Å². The number of carbonyl (C=O) groups is 1. The van der Waals surface area contributed by atoms with Crippen molar-refractivity contribution in [2.24, 2.45) is 0 Å². The van der Waals surface area contributed by atoms with Crippen molar-refractivity contribution in [1.29, 1.82) is 5.26 Å². The lowest BCUT2D eigenvalue weighted by Crippen LogP contribution is -2.17. The summed E-state index contributed by atoms with van der Waals surface area (Å²) in [4.78, 5) is 11.7. The number of hydrogen-bond acceptors (Lipinski definition) is 4. The van der Waals surface area contributed by atoms with Gasteiger partial charge in [0.15, 0.2) is 11.0 Å². The van der Waals surface area contributed by atoms with Crippen LogP contribution in [0.1, 0.15) is 18.1 Å². The number of aromatic nitrogens is 2. The van der Waals surface area contributed by atoms with Crippen LogP contribution >= 0.6 is 34.8 Å². The number of amides is 1. The maximum absolute atomic E-state index is 12.9. The molecule has 26 heavy (non-hydrogen) atoms. The highest BCUT2D eigenvalue weighted by molar-refractivity contribution is 6.38. The van der Waals surface area contributed by atoms with Crippen LogP contribution in [-0.2, 0) is 10.9 Å². The first-order valence-corrected chi connectivity index (χ1v) is 7.92. The SMILES string of the molecule is CCOC(=O)Nc1c(C#N)c(Cl)nn1-c1c(Cl)cc(C(F)(F)F)cc1Cl. The van der Waals surface area contributed by atoms with E-state index in [0.29, 0.717) is 12.1 Å². The molecule has 6 nitrogen and oxygen atoms in total. The van der Waals surface area contributed by atoms with Crippen LogP contribution in [0.2, 0.25) is 15.2 Å². The molecule has 1 amide bonds. The van der Waals surface area contributed by atoms with Crippen LogP contribution in [-0.4, -0.2) is 22.5 Å².